The SMILES string of the molecule is Cn1cc(Br)c2ncnc(OC3CCN(C(=O)O)CC3)c21. The molecule has 1 saturated heterocycles. The summed E-state index contributed by atoms with van der Waals surface area (Å²) in [5.74, 6) is 0.543. The summed E-state index contributed by atoms with van der Waals surface area (Å²) in [6.07, 6.45) is 3.84. The average Bonchev–Trinajstić information content (AvgIpc) is 2.76. The number of hydrogen-bond donors (Lipinski definition) is 1. The van der Waals surface area contributed by atoms with E-state index in [-0.39, 0.29) is 6.10 Å². The third-order valence-electron chi connectivity index (χ3n) is 3.67. The Morgan fingerprint density at radius 1 is 1.43 bits per heavy atom. The fourth-order valence-corrected chi connectivity index (χ4v) is 3.16. The normalized spacial score (nSPS) is 16.4. The Balaban J connectivity index is 1.79. The van der Waals surface area contributed by atoms with Crippen molar-refractivity contribution in [2.75, 3.05) is 13.1 Å². The molecule has 0 saturated carbocycles. The van der Waals surface area contributed by atoms with Crippen molar-refractivity contribution in [1.29, 1.82) is 0 Å². The van der Waals surface area contributed by atoms with Gasteiger partial charge in [0.25, 0.3) is 0 Å². The molecule has 1 aliphatic heterocycles. The molecule has 112 valence electrons. The van der Waals surface area contributed by atoms with E-state index in [4.69, 9.17) is 9.84 Å². The van der Waals surface area contributed by atoms with Gasteiger partial charge < -0.3 is 19.3 Å². The van der Waals surface area contributed by atoms with Gasteiger partial charge in [-0.3, -0.25) is 0 Å². The predicted molar refractivity (Wildman–Crippen MR) is 79.5 cm³/mol. The van der Waals surface area contributed by atoms with Crippen LogP contribution < -0.4 is 4.74 Å². The van der Waals surface area contributed by atoms with E-state index >= 15 is 0 Å². The third kappa shape index (κ3) is 2.67. The summed E-state index contributed by atoms with van der Waals surface area (Å²) in [6, 6.07) is 0. The number of hydrogen-bond acceptors (Lipinski definition) is 4. The van der Waals surface area contributed by atoms with E-state index in [1.165, 1.54) is 11.2 Å². The molecule has 8 heteroatoms. The molecule has 0 bridgehead atoms. The van der Waals surface area contributed by atoms with E-state index in [2.05, 4.69) is 25.9 Å². The Morgan fingerprint density at radius 2 is 2.14 bits per heavy atom. The number of carboxylic acid groups (broad SMARTS) is 1. The Morgan fingerprint density at radius 3 is 2.81 bits per heavy atom. The van der Waals surface area contributed by atoms with Gasteiger partial charge in [0, 0.05) is 39.2 Å². The van der Waals surface area contributed by atoms with Gasteiger partial charge in [-0.2, -0.15) is 4.98 Å². The highest BCUT2D eigenvalue weighted by Crippen LogP contribution is 2.30. The maximum atomic E-state index is 10.9. The maximum absolute atomic E-state index is 10.9. The Labute approximate surface area is 129 Å². The molecule has 0 unspecified atom stereocenters. The zero-order valence-corrected chi connectivity index (χ0v) is 13.1. The van der Waals surface area contributed by atoms with Crippen molar-refractivity contribution in [3.63, 3.8) is 0 Å². The van der Waals surface area contributed by atoms with Gasteiger partial charge in [-0.05, 0) is 15.9 Å². The molecule has 1 N–H and O–H groups in total. The van der Waals surface area contributed by atoms with E-state index in [9.17, 15) is 4.79 Å². The van der Waals surface area contributed by atoms with Gasteiger partial charge >= 0.3 is 6.09 Å². The molecule has 2 aromatic rings. The number of carbonyl (C=O) groups is 1. The number of likely N-dealkylation sites (tertiary alicyclic amines) is 1. The van der Waals surface area contributed by atoms with Crippen LogP contribution in [0.5, 0.6) is 5.88 Å². The minimum atomic E-state index is -0.871. The minimum absolute atomic E-state index is 0.0209. The Kier molecular flexibility index (Phi) is 3.71. The summed E-state index contributed by atoms with van der Waals surface area (Å²) < 4.78 is 8.79. The van der Waals surface area contributed by atoms with E-state index in [0.29, 0.717) is 31.8 Å². The number of halogens is 1. The molecular weight excluding hydrogens is 340 g/mol. The highest BCUT2D eigenvalue weighted by atomic mass is 79.9. The zero-order valence-electron chi connectivity index (χ0n) is 11.5. The van der Waals surface area contributed by atoms with Gasteiger partial charge in [0.05, 0.1) is 4.47 Å². The number of fused-ring (bicyclic) bond motifs is 1. The van der Waals surface area contributed by atoms with Crippen LogP contribution in [0.2, 0.25) is 0 Å². The van der Waals surface area contributed by atoms with Crippen LogP contribution in [0.1, 0.15) is 12.8 Å². The topological polar surface area (TPSA) is 80.5 Å². The van der Waals surface area contributed by atoms with Crippen LogP contribution in [0.15, 0.2) is 17.0 Å². The summed E-state index contributed by atoms with van der Waals surface area (Å²) >= 11 is 3.46. The third-order valence-corrected chi connectivity index (χ3v) is 4.25. The largest absolute Gasteiger partial charge is 0.473 e. The molecule has 1 fully saturated rings. The van der Waals surface area contributed by atoms with Crippen molar-refractivity contribution in [2.24, 2.45) is 7.05 Å². The first-order chi connectivity index (χ1) is 10.1. The van der Waals surface area contributed by atoms with Gasteiger partial charge in [0.2, 0.25) is 5.88 Å². The summed E-state index contributed by atoms with van der Waals surface area (Å²) in [5, 5.41) is 8.95. The fraction of sp³-hybridized carbons (Fsp3) is 0.462. The summed E-state index contributed by atoms with van der Waals surface area (Å²) in [6.45, 7) is 0.982. The first kappa shape index (κ1) is 14.1. The highest BCUT2D eigenvalue weighted by molar-refractivity contribution is 9.10. The van der Waals surface area contributed by atoms with E-state index in [1.807, 2.05) is 17.8 Å². The summed E-state index contributed by atoms with van der Waals surface area (Å²) in [4.78, 5) is 20.8. The van der Waals surface area contributed by atoms with Gasteiger partial charge in [-0.15, -0.1) is 0 Å². The second-order valence-electron chi connectivity index (χ2n) is 5.05. The smallest absolute Gasteiger partial charge is 0.407 e. The molecule has 2 aromatic heterocycles. The Bertz CT molecular complexity index is 679. The number of piperidine rings is 1. The minimum Gasteiger partial charge on any atom is -0.473 e. The monoisotopic (exact) mass is 354 g/mol. The van der Waals surface area contributed by atoms with E-state index in [1.54, 1.807) is 0 Å². The van der Waals surface area contributed by atoms with Gasteiger partial charge in [0.15, 0.2) is 0 Å². The molecule has 0 aliphatic carbocycles. The molecule has 1 aliphatic rings. The maximum Gasteiger partial charge on any atom is 0.407 e. The number of aryl methyl sites for hydroxylation is 1. The molecule has 3 heterocycles. The van der Waals surface area contributed by atoms with Crippen LogP contribution in [0, 0.1) is 0 Å². The molecular formula is C13H15BrN4O3. The van der Waals surface area contributed by atoms with Crippen LogP contribution in [-0.4, -0.2) is 49.8 Å². The van der Waals surface area contributed by atoms with Crippen molar-refractivity contribution in [2.45, 2.75) is 18.9 Å². The number of aromatic nitrogens is 3. The predicted octanol–water partition coefficient (Wildman–Crippen LogP) is 2.25. The lowest BCUT2D eigenvalue weighted by Crippen LogP contribution is -2.41. The highest BCUT2D eigenvalue weighted by Gasteiger charge is 2.25. The average molecular weight is 355 g/mol. The lowest BCUT2D eigenvalue weighted by atomic mass is 10.1. The van der Waals surface area contributed by atoms with E-state index in [0.717, 1.165) is 15.5 Å². The first-order valence-corrected chi connectivity index (χ1v) is 7.45. The van der Waals surface area contributed by atoms with Gasteiger partial charge in [0.1, 0.15) is 23.5 Å². The summed E-state index contributed by atoms with van der Waals surface area (Å²) in [7, 11) is 1.91. The van der Waals surface area contributed by atoms with Crippen molar-refractivity contribution < 1.29 is 14.6 Å². The molecule has 21 heavy (non-hydrogen) atoms. The molecule has 3 rings (SSSR count). The number of amides is 1. The second kappa shape index (κ2) is 5.51. The van der Waals surface area contributed by atoms with Crippen molar-refractivity contribution in [1.82, 2.24) is 19.4 Å². The van der Waals surface area contributed by atoms with E-state index < -0.39 is 6.09 Å². The Hall–Kier alpha value is -1.83. The summed E-state index contributed by atoms with van der Waals surface area (Å²) in [5.41, 5.74) is 1.65. The number of nitrogens with zero attached hydrogens (tertiary/aromatic N) is 4. The van der Waals surface area contributed by atoms with Crippen LogP contribution >= 0.6 is 15.9 Å². The molecule has 0 spiro atoms. The lowest BCUT2D eigenvalue weighted by Gasteiger charge is -2.30. The quantitative estimate of drug-likeness (QED) is 0.894. The first-order valence-electron chi connectivity index (χ1n) is 6.66. The molecule has 0 aromatic carbocycles. The van der Waals surface area contributed by atoms with Crippen LogP contribution in [0.4, 0.5) is 4.79 Å². The van der Waals surface area contributed by atoms with Crippen molar-refractivity contribution >= 4 is 33.1 Å². The van der Waals surface area contributed by atoms with Crippen LogP contribution in [0.3, 0.4) is 0 Å². The number of rotatable bonds is 2. The lowest BCUT2D eigenvalue weighted by molar-refractivity contribution is 0.0877. The van der Waals surface area contributed by atoms with Gasteiger partial charge in [-0.25, -0.2) is 9.78 Å². The van der Waals surface area contributed by atoms with Crippen LogP contribution in [-0.2, 0) is 7.05 Å². The number of ether oxygens (including phenoxy) is 1. The molecule has 0 atom stereocenters. The van der Waals surface area contributed by atoms with Crippen molar-refractivity contribution in [3.05, 3.63) is 17.0 Å². The zero-order chi connectivity index (χ0) is 15.0. The van der Waals surface area contributed by atoms with Gasteiger partial charge in [-0.1, -0.05) is 0 Å². The second-order valence-corrected chi connectivity index (χ2v) is 5.91. The van der Waals surface area contributed by atoms with Crippen molar-refractivity contribution in [3.8, 4) is 5.88 Å². The molecule has 0 radical (unpaired) electrons. The molecule has 1 amide bonds. The standard InChI is InChI=1S/C13H15BrN4O3/c1-17-6-9(14)10-11(17)12(16-7-15-10)21-8-2-4-18(5-3-8)13(19)20/h6-8H,2-5H2,1H3,(H,19,20). The fourth-order valence-electron chi connectivity index (χ4n) is 2.56. The van der Waals surface area contributed by atoms with Crippen LogP contribution in [0.25, 0.3) is 11.0 Å². The molecule has 7 nitrogen and oxygen atoms in total.